The molecule has 1 heterocycles. The van der Waals surface area contributed by atoms with Crippen LogP contribution in [0.1, 0.15) is 90.0 Å². The van der Waals surface area contributed by atoms with E-state index < -0.39 is 44.9 Å². The van der Waals surface area contributed by atoms with Gasteiger partial charge in [0.25, 0.3) is 15.9 Å². The van der Waals surface area contributed by atoms with Crippen molar-refractivity contribution in [3.63, 3.8) is 0 Å². The lowest BCUT2D eigenvalue weighted by atomic mass is 9.97. The van der Waals surface area contributed by atoms with Crippen LogP contribution in [-0.4, -0.2) is 24.1 Å². The minimum atomic E-state index is -4.73. The van der Waals surface area contributed by atoms with Gasteiger partial charge in [-0.3, -0.25) is 4.79 Å². The van der Waals surface area contributed by atoms with Gasteiger partial charge in [-0.1, -0.05) is 81.6 Å². The van der Waals surface area contributed by atoms with Crippen molar-refractivity contribution >= 4 is 15.9 Å². The first-order chi connectivity index (χ1) is 25.3. The molecule has 53 heavy (non-hydrogen) atoms. The van der Waals surface area contributed by atoms with Crippen LogP contribution in [0.2, 0.25) is 0 Å². The molecule has 4 aromatic carbocycles. The number of hydrogen-bond acceptors (Lipinski definition) is 5. The summed E-state index contributed by atoms with van der Waals surface area (Å²) >= 11 is 0. The number of alkyl halides is 3. The standard InChI is InChI=1S/C40H37F5N4O3S/c1-3-5-7-12-26-18-21-32(40(43,44)45)36(22-26)49-37(25-46)31(35(47-49)16-6-4-2)23-28-20-19-27(24-34(28)42)29-13-9-11-17-38(29)53(51,52)48-39(50)30-14-8-10-15-33(30)41/h8-11,13-15,17-22,24H,3-7,12,16,23H2,1-2H3,(H,48,50). The predicted molar refractivity (Wildman–Crippen MR) is 191 cm³/mol. The van der Waals surface area contributed by atoms with Crippen LogP contribution < -0.4 is 4.72 Å². The van der Waals surface area contributed by atoms with Gasteiger partial charge < -0.3 is 0 Å². The van der Waals surface area contributed by atoms with Crippen molar-refractivity contribution < 1.29 is 35.2 Å². The number of aromatic nitrogens is 2. The number of nitrogens with zero attached hydrogens (tertiary/aromatic N) is 3. The Morgan fingerprint density at radius 1 is 0.868 bits per heavy atom. The van der Waals surface area contributed by atoms with E-state index in [2.05, 4.69) is 5.10 Å². The molecule has 1 aromatic heterocycles. The highest BCUT2D eigenvalue weighted by Gasteiger charge is 2.36. The molecule has 1 amide bonds. The third-order valence-electron chi connectivity index (χ3n) is 8.86. The molecular weight excluding hydrogens is 712 g/mol. The number of carbonyl (C=O) groups excluding carboxylic acids is 1. The Balaban J connectivity index is 1.53. The SMILES string of the molecule is CCCCCc1ccc(C(F)(F)F)c(-n2nc(CCCC)c(Cc3ccc(-c4ccccc4S(=O)(=O)NC(=O)c4ccccc4F)cc3F)c2C#N)c1. The lowest BCUT2D eigenvalue weighted by Crippen LogP contribution is -2.31. The summed E-state index contributed by atoms with van der Waals surface area (Å²) in [4.78, 5) is 12.3. The van der Waals surface area contributed by atoms with Gasteiger partial charge in [-0.2, -0.15) is 23.5 Å². The maximum atomic E-state index is 16.0. The quantitative estimate of drug-likeness (QED) is 0.0900. The van der Waals surface area contributed by atoms with Gasteiger partial charge in [0.15, 0.2) is 0 Å². The summed E-state index contributed by atoms with van der Waals surface area (Å²) in [6, 6.07) is 20.3. The largest absolute Gasteiger partial charge is 0.418 e. The number of carbonyl (C=O) groups is 1. The first kappa shape index (κ1) is 38.9. The van der Waals surface area contributed by atoms with Crippen molar-refractivity contribution in [3.8, 4) is 22.9 Å². The van der Waals surface area contributed by atoms with Crippen molar-refractivity contribution in [1.29, 1.82) is 5.26 Å². The molecule has 0 aliphatic carbocycles. The van der Waals surface area contributed by atoms with Crippen LogP contribution in [-0.2, 0) is 35.5 Å². The van der Waals surface area contributed by atoms with Crippen molar-refractivity contribution in [1.82, 2.24) is 14.5 Å². The number of amides is 1. The van der Waals surface area contributed by atoms with Gasteiger partial charge in [0, 0.05) is 17.5 Å². The first-order valence-electron chi connectivity index (χ1n) is 17.2. The van der Waals surface area contributed by atoms with Crippen molar-refractivity contribution in [2.75, 3.05) is 0 Å². The fourth-order valence-electron chi connectivity index (χ4n) is 6.11. The highest BCUT2D eigenvalue weighted by molar-refractivity contribution is 7.90. The third-order valence-corrected chi connectivity index (χ3v) is 10.2. The van der Waals surface area contributed by atoms with Gasteiger partial charge in [-0.15, -0.1) is 0 Å². The summed E-state index contributed by atoms with van der Waals surface area (Å²) in [6.45, 7) is 3.96. The summed E-state index contributed by atoms with van der Waals surface area (Å²) in [5.74, 6) is -2.86. The van der Waals surface area contributed by atoms with Crippen LogP contribution in [0.5, 0.6) is 0 Å². The van der Waals surface area contributed by atoms with Gasteiger partial charge in [-0.05, 0) is 78.8 Å². The lowest BCUT2D eigenvalue weighted by molar-refractivity contribution is -0.137. The second-order valence-electron chi connectivity index (χ2n) is 12.6. The van der Waals surface area contributed by atoms with Crippen LogP contribution in [0.25, 0.3) is 16.8 Å². The van der Waals surface area contributed by atoms with Gasteiger partial charge in [0.1, 0.15) is 23.4 Å². The molecule has 0 atom stereocenters. The molecule has 5 rings (SSSR count). The van der Waals surface area contributed by atoms with Crippen molar-refractivity contribution in [2.45, 2.75) is 76.3 Å². The predicted octanol–water partition coefficient (Wildman–Crippen LogP) is 9.49. The number of aryl methyl sites for hydroxylation is 2. The molecule has 0 radical (unpaired) electrons. The minimum Gasteiger partial charge on any atom is -0.268 e. The molecule has 0 bridgehead atoms. The molecule has 0 saturated heterocycles. The summed E-state index contributed by atoms with van der Waals surface area (Å²) < 4.78 is 103. The van der Waals surface area contributed by atoms with E-state index in [0.717, 1.165) is 54.6 Å². The first-order valence-corrected chi connectivity index (χ1v) is 18.7. The average molecular weight is 749 g/mol. The zero-order valence-corrected chi connectivity index (χ0v) is 29.9. The number of nitriles is 1. The fourth-order valence-corrected chi connectivity index (χ4v) is 7.30. The summed E-state index contributed by atoms with van der Waals surface area (Å²) in [6.07, 6.45) is -0.0212. The molecule has 276 valence electrons. The zero-order chi connectivity index (χ0) is 38.3. The number of rotatable bonds is 14. The molecular formula is C40H37F5N4O3S. The van der Waals surface area contributed by atoms with Crippen LogP contribution >= 0.6 is 0 Å². The molecule has 0 fully saturated rings. The molecule has 0 saturated carbocycles. The van der Waals surface area contributed by atoms with E-state index in [1.54, 1.807) is 0 Å². The number of hydrogen-bond donors (Lipinski definition) is 1. The topological polar surface area (TPSA) is 105 Å². The van der Waals surface area contributed by atoms with E-state index in [9.17, 15) is 36.0 Å². The zero-order valence-electron chi connectivity index (χ0n) is 29.1. The number of unbranched alkanes of at least 4 members (excludes halogenated alkanes) is 3. The second kappa shape index (κ2) is 16.5. The van der Waals surface area contributed by atoms with Gasteiger partial charge >= 0.3 is 6.18 Å². The van der Waals surface area contributed by atoms with Gasteiger partial charge in [0.2, 0.25) is 0 Å². The molecule has 0 aliphatic rings. The molecule has 7 nitrogen and oxygen atoms in total. The lowest BCUT2D eigenvalue weighted by Gasteiger charge is -2.15. The average Bonchev–Trinajstić information content (AvgIpc) is 3.47. The number of benzene rings is 4. The maximum absolute atomic E-state index is 16.0. The Morgan fingerprint density at radius 2 is 1.58 bits per heavy atom. The van der Waals surface area contributed by atoms with Crippen molar-refractivity contribution in [2.24, 2.45) is 0 Å². The molecule has 0 unspecified atom stereocenters. The van der Waals surface area contributed by atoms with E-state index in [-0.39, 0.29) is 45.0 Å². The Hall–Kier alpha value is -5.35. The highest BCUT2D eigenvalue weighted by atomic mass is 32.2. The van der Waals surface area contributed by atoms with Crippen LogP contribution in [0.4, 0.5) is 22.0 Å². The van der Waals surface area contributed by atoms with Gasteiger partial charge in [-0.25, -0.2) is 26.6 Å². The molecule has 5 aromatic rings. The van der Waals surface area contributed by atoms with Crippen LogP contribution in [0, 0.1) is 23.0 Å². The van der Waals surface area contributed by atoms with E-state index >= 15 is 4.39 Å². The van der Waals surface area contributed by atoms with Crippen molar-refractivity contribution in [3.05, 3.63) is 136 Å². The van der Waals surface area contributed by atoms with E-state index in [1.807, 2.05) is 24.6 Å². The van der Waals surface area contributed by atoms with E-state index in [1.165, 1.54) is 60.7 Å². The Kier molecular flexibility index (Phi) is 12.1. The summed E-state index contributed by atoms with van der Waals surface area (Å²) in [5, 5.41) is 14.9. The number of halogens is 5. The smallest absolute Gasteiger partial charge is 0.268 e. The summed E-state index contributed by atoms with van der Waals surface area (Å²) in [7, 11) is -4.56. The van der Waals surface area contributed by atoms with Crippen LogP contribution in [0.15, 0.2) is 89.8 Å². The van der Waals surface area contributed by atoms with E-state index in [4.69, 9.17) is 0 Å². The van der Waals surface area contributed by atoms with E-state index in [0.29, 0.717) is 30.5 Å². The fraction of sp³-hybridized carbons (Fsp3) is 0.275. The number of nitrogens with one attached hydrogen (secondary N) is 1. The van der Waals surface area contributed by atoms with Gasteiger partial charge in [0.05, 0.1) is 27.4 Å². The Bertz CT molecular complexity index is 2280. The monoisotopic (exact) mass is 748 g/mol. The molecule has 0 aliphatic heterocycles. The Morgan fingerprint density at radius 3 is 2.26 bits per heavy atom. The minimum absolute atomic E-state index is 0.0550. The number of sulfonamides is 1. The maximum Gasteiger partial charge on any atom is 0.418 e. The highest BCUT2D eigenvalue weighted by Crippen LogP contribution is 2.37. The second-order valence-corrected chi connectivity index (χ2v) is 14.3. The molecule has 0 spiro atoms. The summed E-state index contributed by atoms with van der Waals surface area (Å²) in [5.41, 5.74) is -0.208. The molecule has 13 heteroatoms. The van der Waals surface area contributed by atoms with Crippen LogP contribution in [0.3, 0.4) is 0 Å². The normalized spacial score (nSPS) is 11.7. The third kappa shape index (κ3) is 8.83. The molecule has 1 N–H and O–H groups in total. The Labute approximate surface area is 305 Å².